The fourth-order valence-corrected chi connectivity index (χ4v) is 3.35. The Bertz CT molecular complexity index is 599. The molecule has 2 aromatic carbocycles. The fourth-order valence-electron chi connectivity index (χ4n) is 2.21. The van der Waals surface area contributed by atoms with Crippen molar-refractivity contribution in [2.45, 2.75) is 20.0 Å². The average Bonchev–Trinajstić information content (AvgIpc) is 2.47. The molecule has 0 bridgehead atoms. The van der Waals surface area contributed by atoms with Crippen molar-refractivity contribution in [2.75, 3.05) is 18.5 Å². The highest BCUT2D eigenvalue weighted by Crippen LogP contribution is 2.28. The van der Waals surface area contributed by atoms with Crippen LogP contribution in [0, 0.1) is 0 Å². The number of hydrogen-bond donors (Lipinski definition) is 1. The van der Waals surface area contributed by atoms with E-state index in [0.29, 0.717) is 0 Å². The average molecular weight is 412 g/mol. The van der Waals surface area contributed by atoms with Gasteiger partial charge < -0.3 is 10.2 Å². The summed E-state index contributed by atoms with van der Waals surface area (Å²) < 4.78 is 2.28. The van der Waals surface area contributed by atoms with Gasteiger partial charge in [-0.15, -0.1) is 0 Å². The Morgan fingerprint density at radius 1 is 1.05 bits per heavy atom. The van der Waals surface area contributed by atoms with Crippen LogP contribution in [0.2, 0.25) is 0 Å². The second kappa shape index (κ2) is 7.97. The number of nitrogens with one attached hydrogen (secondary N) is 1. The van der Waals surface area contributed by atoms with Crippen molar-refractivity contribution in [2.24, 2.45) is 0 Å². The molecular weight excluding hydrogens is 392 g/mol. The van der Waals surface area contributed by atoms with Crippen LogP contribution in [0.25, 0.3) is 0 Å². The molecule has 0 atom stereocenters. The quantitative estimate of drug-likeness (QED) is 0.722. The lowest BCUT2D eigenvalue weighted by atomic mass is 10.1. The molecule has 2 aromatic rings. The van der Waals surface area contributed by atoms with Crippen LogP contribution >= 0.6 is 31.9 Å². The zero-order valence-corrected chi connectivity index (χ0v) is 15.5. The molecule has 1 N–H and O–H groups in total. The summed E-state index contributed by atoms with van der Waals surface area (Å²) in [4.78, 5) is 2.25. The van der Waals surface area contributed by atoms with Gasteiger partial charge in [-0.05, 0) is 51.8 Å². The summed E-state index contributed by atoms with van der Waals surface area (Å²) in [6.45, 7) is 4.88. The van der Waals surface area contributed by atoms with Gasteiger partial charge >= 0.3 is 0 Å². The lowest BCUT2D eigenvalue weighted by molar-refractivity contribution is 0.726. The first-order chi connectivity index (χ1) is 10.1. The maximum Gasteiger partial charge on any atom is 0.0511 e. The molecule has 0 aliphatic heterocycles. The van der Waals surface area contributed by atoms with Crippen LogP contribution in [-0.4, -0.2) is 13.6 Å². The molecule has 0 spiro atoms. The van der Waals surface area contributed by atoms with Crippen LogP contribution in [0.4, 0.5) is 5.69 Å². The molecule has 0 saturated heterocycles. The smallest absolute Gasteiger partial charge is 0.0511 e. The minimum absolute atomic E-state index is 0.868. The monoisotopic (exact) mass is 410 g/mol. The molecule has 0 amide bonds. The summed E-state index contributed by atoms with van der Waals surface area (Å²) in [5.41, 5.74) is 3.77. The highest BCUT2D eigenvalue weighted by Gasteiger charge is 2.09. The molecule has 0 aliphatic carbocycles. The Labute approximate surface area is 143 Å². The molecule has 0 aromatic heterocycles. The van der Waals surface area contributed by atoms with E-state index in [-0.39, 0.29) is 0 Å². The van der Waals surface area contributed by atoms with Crippen molar-refractivity contribution in [3.63, 3.8) is 0 Å². The summed E-state index contributed by atoms with van der Waals surface area (Å²) in [6, 6.07) is 14.9. The van der Waals surface area contributed by atoms with Gasteiger partial charge in [-0.25, -0.2) is 0 Å². The molecule has 0 radical (unpaired) electrons. The van der Waals surface area contributed by atoms with Crippen molar-refractivity contribution in [3.8, 4) is 0 Å². The van der Waals surface area contributed by atoms with Crippen LogP contribution in [0.15, 0.2) is 51.4 Å². The molecule has 0 heterocycles. The minimum atomic E-state index is 0.868. The zero-order valence-electron chi connectivity index (χ0n) is 12.4. The maximum absolute atomic E-state index is 3.69. The van der Waals surface area contributed by atoms with Crippen LogP contribution in [-0.2, 0) is 13.1 Å². The summed E-state index contributed by atoms with van der Waals surface area (Å²) >= 11 is 7.30. The number of nitrogens with zero attached hydrogens (tertiary/aromatic N) is 1. The van der Waals surface area contributed by atoms with Crippen LogP contribution in [0.3, 0.4) is 0 Å². The molecule has 4 heteroatoms. The lowest BCUT2D eigenvalue weighted by Gasteiger charge is -2.22. The van der Waals surface area contributed by atoms with E-state index < -0.39 is 0 Å². The topological polar surface area (TPSA) is 15.3 Å². The van der Waals surface area contributed by atoms with Gasteiger partial charge in [-0.2, -0.15) is 0 Å². The molecule has 21 heavy (non-hydrogen) atoms. The first-order valence-electron chi connectivity index (χ1n) is 7.05. The van der Waals surface area contributed by atoms with Crippen LogP contribution in [0.1, 0.15) is 18.1 Å². The normalized spacial score (nSPS) is 10.7. The van der Waals surface area contributed by atoms with Gasteiger partial charge in [-0.1, -0.05) is 47.1 Å². The Hall–Kier alpha value is -0.840. The minimum Gasteiger partial charge on any atom is -0.369 e. The Kier molecular flexibility index (Phi) is 6.27. The van der Waals surface area contributed by atoms with Crippen molar-refractivity contribution >= 4 is 37.5 Å². The third kappa shape index (κ3) is 4.56. The standard InChI is InChI=1S/C17H20Br2N2/c1-3-20-11-13-8-9-17(16(19)10-13)21(2)12-14-6-4-5-7-15(14)18/h4-10,20H,3,11-12H2,1-2H3. The predicted octanol–water partition coefficient (Wildman–Crippen LogP) is 4.96. The third-order valence-corrected chi connectivity index (χ3v) is 4.78. The molecule has 0 aliphatic rings. The van der Waals surface area contributed by atoms with E-state index in [4.69, 9.17) is 0 Å². The molecule has 0 fully saturated rings. The Morgan fingerprint density at radius 2 is 1.81 bits per heavy atom. The van der Waals surface area contributed by atoms with Gasteiger partial charge in [0.25, 0.3) is 0 Å². The van der Waals surface area contributed by atoms with E-state index in [9.17, 15) is 0 Å². The number of anilines is 1. The van der Waals surface area contributed by atoms with Crippen molar-refractivity contribution < 1.29 is 0 Å². The summed E-state index contributed by atoms with van der Waals surface area (Å²) in [7, 11) is 2.11. The maximum atomic E-state index is 3.69. The first-order valence-corrected chi connectivity index (χ1v) is 8.64. The fraction of sp³-hybridized carbons (Fsp3) is 0.294. The summed E-state index contributed by atoms with van der Waals surface area (Å²) in [5.74, 6) is 0. The second-order valence-corrected chi connectivity index (χ2v) is 6.72. The van der Waals surface area contributed by atoms with E-state index >= 15 is 0 Å². The lowest BCUT2D eigenvalue weighted by Crippen LogP contribution is -2.17. The molecule has 2 nitrogen and oxygen atoms in total. The van der Waals surface area contributed by atoms with Gasteiger partial charge in [0.15, 0.2) is 0 Å². The second-order valence-electron chi connectivity index (χ2n) is 5.01. The summed E-state index contributed by atoms with van der Waals surface area (Å²) in [6.07, 6.45) is 0. The van der Waals surface area contributed by atoms with Gasteiger partial charge in [0.1, 0.15) is 0 Å². The molecule has 112 valence electrons. The zero-order chi connectivity index (χ0) is 15.2. The van der Waals surface area contributed by atoms with E-state index in [0.717, 1.165) is 28.6 Å². The van der Waals surface area contributed by atoms with E-state index in [2.05, 4.69) is 92.4 Å². The van der Waals surface area contributed by atoms with Crippen LogP contribution in [0.5, 0.6) is 0 Å². The Morgan fingerprint density at radius 3 is 2.48 bits per heavy atom. The molecule has 2 rings (SSSR count). The highest BCUT2D eigenvalue weighted by molar-refractivity contribution is 9.11. The predicted molar refractivity (Wildman–Crippen MR) is 97.8 cm³/mol. The van der Waals surface area contributed by atoms with Crippen molar-refractivity contribution in [1.82, 2.24) is 5.32 Å². The van der Waals surface area contributed by atoms with Crippen LogP contribution < -0.4 is 10.2 Å². The van der Waals surface area contributed by atoms with E-state index in [1.165, 1.54) is 16.8 Å². The largest absolute Gasteiger partial charge is 0.369 e. The van der Waals surface area contributed by atoms with Crippen molar-refractivity contribution in [3.05, 3.63) is 62.5 Å². The Balaban J connectivity index is 2.12. The molecular formula is C17H20Br2N2. The van der Waals surface area contributed by atoms with Gasteiger partial charge in [0, 0.05) is 29.1 Å². The number of hydrogen-bond acceptors (Lipinski definition) is 2. The summed E-state index contributed by atoms with van der Waals surface area (Å²) in [5, 5.41) is 3.35. The van der Waals surface area contributed by atoms with Gasteiger partial charge in [0.2, 0.25) is 0 Å². The third-order valence-electron chi connectivity index (χ3n) is 3.37. The first kappa shape index (κ1) is 16.5. The highest BCUT2D eigenvalue weighted by atomic mass is 79.9. The number of benzene rings is 2. The van der Waals surface area contributed by atoms with Gasteiger partial charge in [-0.3, -0.25) is 0 Å². The number of halogens is 2. The van der Waals surface area contributed by atoms with E-state index in [1.54, 1.807) is 0 Å². The van der Waals surface area contributed by atoms with E-state index in [1.807, 2.05) is 6.07 Å². The SMILES string of the molecule is CCNCc1ccc(N(C)Cc2ccccc2Br)c(Br)c1. The molecule has 0 saturated carbocycles. The number of rotatable bonds is 6. The van der Waals surface area contributed by atoms with Gasteiger partial charge in [0.05, 0.1) is 5.69 Å². The molecule has 0 unspecified atom stereocenters. The van der Waals surface area contributed by atoms with Crippen molar-refractivity contribution in [1.29, 1.82) is 0 Å².